The third-order valence-corrected chi connectivity index (χ3v) is 3.97. The lowest BCUT2D eigenvalue weighted by atomic mass is 10.1. The van der Waals surface area contributed by atoms with Gasteiger partial charge in [-0.05, 0) is 42.0 Å². The molecule has 2 aromatic rings. The second kappa shape index (κ2) is 8.49. The van der Waals surface area contributed by atoms with Crippen LogP contribution >= 0.6 is 11.6 Å². The number of benzene rings is 2. The van der Waals surface area contributed by atoms with E-state index in [9.17, 15) is 4.79 Å². The van der Waals surface area contributed by atoms with E-state index in [4.69, 9.17) is 36.3 Å². The zero-order valence-corrected chi connectivity index (χ0v) is 15.7. The maximum Gasteiger partial charge on any atom is 0.204 e. The van der Waals surface area contributed by atoms with Crippen molar-refractivity contribution in [2.75, 3.05) is 34.2 Å². The van der Waals surface area contributed by atoms with Crippen molar-refractivity contribution in [2.24, 2.45) is 0 Å². The molecule has 7 heteroatoms. The number of halogens is 1. The fraction of sp³-hybridized carbons (Fsp3) is 0.211. The van der Waals surface area contributed by atoms with E-state index in [0.717, 1.165) is 0 Å². The van der Waals surface area contributed by atoms with Gasteiger partial charge in [0, 0.05) is 5.56 Å². The van der Waals surface area contributed by atoms with E-state index in [1.807, 2.05) is 0 Å². The van der Waals surface area contributed by atoms with E-state index < -0.39 is 0 Å². The quantitative estimate of drug-likeness (QED) is 0.449. The summed E-state index contributed by atoms with van der Waals surface area (Å²) in [5, 5.41) is 0.0174. The third kappa shape index (κ3) is 4.03. The molecule has 0 fully saturated rings. The summed E-state index contributed by atoms with van der Waals surface area (Å²) in [7, 11) is 6.04. The monoisotopic (exact) mass is 377 g/mol. The summed E-state index contributed by atoms with van der Waals surface area (Å²) in [6, 6.07) is 8.13. The van der Waals surface area contributed by atoms with E-state index in [2.05, 4.69) is 0 Å². The van der Waals surface area contributed by atoms with Crippen LogP contribution in [0, 0.1) is 0 Å². The Balaban J connectivity index is 2.39. The fourth-order valence-corrected chi connectivity index (χ4v) is 2.65. The molecule has 0 heterocycles. The number of Topliss-reactive ketones (excluding diaryl/α,β-unsaturated/α-hetero) is 1. The number of nitrogen functional groups attached to an aromatic ring is 1. The Bertz CT molecular complexity index is 823. The molecule has 138 valence electrons. The van der Waals surface area contributed by atoms with Gasteiger partial charge in [-0.3, -0.25) is 4.79 Å². The number of carbonyl (C=O) groups is 1. The van der Waals surface area contributed by atoms with Crippen LogP contribution in [0.3, 0.4) is 0 Å². The number of allylic oxidation sites excluding steroid dienone is 1. The van der Waals surface area contributed by atoms with Gasteiger partial charge < -0.3 is 24.7 Å². The zero-order valence-electron chi connectivity index (χ0n) is 15.0. The van der Waals surface area contributed by atoms with Crippen molar-refractivity contribution < 1.29 is 23.7 Å². The Morgan fingerprint density at radius 1 is 0.923 bits per heavy atom. The predicted octanol–water partition coefficient (Wildman–Crippen LogP) is 3.77. The number of hydrogen-bond acceptors (Lipinski definition) is 6. The van der Waals surface area contributed by atoms with Crippen LogP contribution in [0.1, 0.15) is 15.9 Å². The average Bonchev–Trinajstić information content (AvgIpc) is 2.66. The van der Waals surface area contributed by atoms with E-state index in [0.29, 0.717) is 39.8 Å². The highest BCUT2D eigenvalue weighted by Gasteiger charge is 2.15. The number of ether oxygens (including phenoxy) is 4. The molecule has 0 atom stereocenters. The van der Waals surface area contributed by atoms with Gasteiger partial charge in [0.25, 0.3) is 0 Å². The van der Waals surface area contributed by atoms with E-state index in [1.165, 1.54) is 40.6 Å². The van der Waals surface area contributed by atoms with Gasteiger partial charge in [-0.15, -0.1) is 0 Å². The van der Waals surface area contributed by atoms with Crippen LogP contribution < -0.4 is 24.7 Å². The van der Waals surface area contributed by atoms with Crippen LogP contribution in [0.2, 0.25) is 0 Å². The summed E-state index contributed by atoms with van der Waals surface area (Å²) in [5.74, 6) is 1.51. The van der Waals surface area contributed by atoms with Crippen LogP contribution in [0.5, 0.6) is 23.0 Å². The summed E-state index contributed by atoms with van der Waals surface area (Å²) < 4.78 is 20.9. The summed E-state index contributed by atoms with van der Waals surface area (Å²) >= 11 is 6.22. The molecule has 0 amide bonds. The molecule has 0 bridgehead atoms. The van der Waals surface area contributed by atoms with Gasteiger partial charge in [0.15, 0.2) is 11.5 Å². The molecule has 0 spiro atoms. The summed E-state index contributed by atoms with van der Waals surface area (Å²) in [6.45, 7) is 0. The normalized spacial score (nSPS) is 11.0. The van der Waals surface area contributed by atoms with E-state index in [1.54, 1.807) is 24.3 Å². The Kier molecular flexibility index (Phi) is 6.36. The van der Waals surface area contributed by atoms with Crippen LogP contribution in [0.4, 0.5) is 5.69 Å². The van der Waals surface area contributed by atoms with Crippen molar-refractivity contribution >= 4 is 29.1 Å². The number of ketones is 1. The molecule has 2 N–H and O–H groups in total. The maximum absolute atomic E-state index is 12.5. The van der Waals surface area contributed by atoms with Crippen molar-refractivity contribution in [3.8, 4) is 23.0 Å². The minimum absolute atomic E-state index is 0.0174. The fourth-order valence-electron chi connectivity index (χ4n) is 2.41. The Morgan fingerprint density at radius 2 is 1.50 bits per heavy atom. The first-order valence-electron chi connectivity index (χ1n) is 7.60. The first-order chi connectivity index (χ1) is 12.4. The van der Waals surface area contributed by atoms with Gasteiger partial charge >= 0.3 is 0 Å². The highest BCUT2D eigenvalue weighted by molar-refractivity contribution is 6.47. The van der Waals surface area contributed by atoms with Gasteiger partial charge in [-0.25, -0.2) is 0 Å². The number of methoxy groups -OCH3 is 4. The second-order valence-corrected chi connectivity index (χ2v) is 5.64. The number of rotatable bonds is 7. The minimum atomic E-state index is -0.366. The Labute approximate surface area is 157 Å². The van der Waals surface area contributed by atoms with Crippen LogP contribution in [-0.4, -0.2) is 34.2 Å². The maximum atomic E-state index is 12.5. The van der Waals surface area contributed by atoms with Crippen molar-refractivity contribution in [3.63, 3.8) is 0 Å². The van der Waals surface area contributed by atoms with Crippen LogP contribution in [-0.2, 0) is 0 Å². The number of carbonyl (C=O) groups excluding carboxylic acids is 1. The number of hydrogen-bond donors (Lipinski definition) is 1. The molecule has 0 unspecified atom stereocenters. The zero-order chi connectivity index (χ0) is 19.3. The van der Waals surface area contributed by atoms with E-state index in [-0.39, 0.29) is 10.8 Å². The average molecular weight is 378 g/mol. The van der Waals surface area contributed by atoms with Gasteiger partial charge in [-0.2, -0.15) is 0 Å². The van der Waals surface area contributed by atoms with E-state index >= 15 is 0 Å². The summed E-state index contributed by atoms with van der Waals surface area (Å²) in [5.41, 5.74) is 7.18. The smallest absolute Gasteiger partial charge is 0.204 e. The molecular weight excluding hydrogens is 358 g/mol. The Morgan fingerprint density at radius 3 is 1.96 bits per heavy atom. The van der Waals surface area contributed by atoms with Crippen molar-refractivity contribution in [1.29, 1.82) is 0 Å². The largest absolute Gasteiger partial charge is 0.495 e. The lowest BCUT2D eigenvalue weighted by Crippen LogP contribution is -2.02. The number of nitrogens with two attached hydrogens (primary N) is 1. The molecule has 0 aliphatic carbocycles. The lowest BCUT2D eigenvalue weighted by molar-refractivity contribution is 0.104. The van der Waals surface area contributed by atoms with Crippen molar-refractivity contribution in [1.82, 2.24) is 0 Å². The summed E-state index contributed by atoms with van der Waals surface area (Å²) in [4.78, 5) is 12.5. The third-order valence-electron chi connectivity index (χ3n) is 3.69. The number of anilines is 1. The minimum Gasteiger partial charge on any atom is -0.495 e. The first-order valence-corrected chi connectivity index (χ1v) is 7.98. The highest BCUT2D eigenvalue weighted by Crippen LogP contribution is 2.39. The molecule has 0 aliphatic rings. The second-order valence-electron chi connectivity index (χ2n) is 5.24. The molecule has 0 saturated heterocycles. The van der Waals surface area contributed by atoms with Crippen molar-refractivity contribution in [3.05, 3.63) is 46.5 Å². The Hall–Kier alpha value is -2.86. The highest BCUT2D eigenvalue weighted by atomic mass is 35.5. The molecule has 0 aromatic heterocycles. The molecule has 2 rings (SSSR count). The van der Waals surface area contributed by atoms with Gasteiger partial charge in [-0.1, -0.05) is 11.6 Å². The van der Waals surface area contributed by atoms with Crippen LogP contribution in [0.15, 0.2) is 35.4 Å². The lowest BCUT2D eigenvalue weighted by Gasteiger charge is -2.13. The van der Waals surface area contributed by atoms with Gasteiger partial charge in [0.2, 0.25) is 11.5 Å². The SMILES string of the molecule is COc1ccc(C(=O)/C(Cl)=C\c2cc(OC)c(OC)c(OC)c2)cc1N. The topological polar surface area (TPSA) is 80.0 Å². The molecule has 0 aliphatic heterocycles. The molecular formula is C19H20ClNO5. The predicted molar refractivity (Wildman–Crippen MR) is 102 cm³/mol. The van der Waals surface area contributed by atoms with Crippen LogP contribution in [0.25, 0.3) is 6.08 Å². The summed E-state index contributed by atoms with van der Waals surface area (Å²) in [6.07, 6.45) is 1.52. The standard InChI is InChI=1S/C19H20ClNO5/c1-23-15-6-5-12(10-14(15)21)18(22)13(20)7-11-8-16(24-2)19(26-4)17(9-11)25-3/h5-10H,21H2,1-4H3/b13-7+. The van der Waals surface area contributed by atoms with Gasteiger partial charge in [0.05, 0.1) is 39.2 Å². The molecule has 0 radical (unpaired) electrons. The molecule has 26 heavy (non-hydrogen) atoms. The van der Waals surface area contributed by atoms with Crippen molar-refractivity contribution in [2.45, 2.75) is 0 Å². The molecule has 6 nitrogen and oxygen atoms in total. The molecule has 0 saturated carbocycles. The molecule has 2 aromatic carbocycles. The van der Waals surface area contributed by atoms with Gasteiger partial charge in [0.1, 0.15) is 5.75 Å². The first kappa shape index (κ1) is 19.5.